The Morgan fingerprint density at radius 3 is 2.93 bits per heavy atom. The van der Waals surface area contributed by atoms with E-state index in [-0.39, 0.29) is 5.92 Å². The number of aromatic nitrogens is 1. The standard InChI is InChI=1S/C11H14N2OS/c1-7(5-12)9-6-14-11(13-9)10-4-3-8(2)15-10/h3-4,6-7H,5,12H2,1-2H3. The Morgan fingerprint density at radius 1 is 1.53 bits per heavy atom. The summed E-state index contributed by atoms with van der Waals surface area (Å²) in [5.41, 5.74) is 6.51. The van der Waals surface area contributed by atoms with Crippen LogP contribution < -0.4 is 5.73 Å². The fourth-order valence-electron chi connectivity index (χ4n) is 1.30. The van der Waals surface area contributed by atoms with E-state index in [2.05, 4.69) is 18.0 Å². The highest BCUT2D eigenvalue weighted by atomic mass is 32.1. The van der Waals surface area contributed by atoms with Crippen molar-refractivity contribution in [2.75, 3.05) is 6.54 Å². The van der Waals surface area contributed by atoms with Gasteiger partial charge in [-0.25, -0.2) is 4.98 Å². The topological polar surface area (TPSA) is 52.0 Å². The van der Waals surface area contributed by atoms with Gasteiger partial charge in [-0.1, -0.05) is 6.92 Å². The van der Waals surface area contributed by atoms with Crippen molar-refractivity contribution in [2.24, 2.45) is 5.73 Å². The second kappa shape index (κ2) is 4.16. The van der Waals surface area contributed by atoms with Crippen LogP contribution in [0.3, 0.4) is 0 Å². The summed E-state index contributed by atoms with van der Waals surface area (Å²) in [7, 11) is 0. The smallest absolute Gasteiger partial charge is 0.236 e. The Morgan fingerprint density at radius 2 is 2.33 bits per heavy atom. The van der Waals surface area contributed by atoms with Crippen molar-refractivity contribution in [1.82, 2.24) is 4.98 Å². The molecule has 0 radical (unpaired) electrons. The molecule has 2 aromatic rings. The van der Waals surface area contributed by atoms with Crippen molar-refractivity contribution < 1.29 is 4.42 Å². The molecule has 1 atom stereocenters. The first-order chi connectivity index (χ1) is 7.20. The van der Waals surface area contributed by atoms with Gasteiger partial charge in [0.1, 0.15) is 6.26 Å². The summed E-state index contributed by atoms with van der Waals surface area (Å²) in [5, 5.41) is 0. The highest BCUT2D eigenvalue weighted by molar-refractivity contribution is 7.15. The van der Waals surface area contributed by atoms with Gasteiger partial charge in [0.15, 0.2) is 0 Å². The van der Waals surface area contributed by atoms with Crippen molar-refractivity contribution in [2.45, 2.75) is 19.8 Å². The Labute approximate surface area is 92.9 Å². The summed E-state index contributed by atoms with van der Waals surface area (Å²) >= 11 is 1.69. The molecule has 0 saturated carbocycles. The normalized spacial score (nSPS) is 13.0. The maximum absolute atomic E-state index is 5.58. The minimum absolute atomic E-state index is 0.253. The zero-order chi connectivity index (χ0) is 10.8. The van der Waals surface area contributed by atoms with Crippen molar-refractivity contribution in [3.8, 4) is 10.8 Å². The molecule has 15 heavy (non-hydrogen) atoms. The summed E-state index contributed by atoms with van der Waals surface area (Å²) in [4.78, 5) is 6.76. The molecule has 0 aliphatic heterocycles. The van der Waals surface area contributed by atoms with Crippen LogP contribution in [0.2, 0.25) is 0 Å². The fourth-order valence-corrected chi connectivity index (χ4v) is 2.10. The van der Waals surface area contributed by atoms with Gasteiger partial charge < -0.3 is 10.2 Å². The minimum Gasteiger partial charge on any atom is -0.444 e. The number of hydrogen-bond acceptors (Lipinski definition) is 4. The number of nitrogens with two attached hydrogens (primary N) is 1. The van der Waals surface area contributed by atoms with Crippen LogP contribution >= 0.6 is 11.3 Å². The van der Waals surface area contributed by atoms with Gasteiger partial charge >= 0.3 is 0 Å². The number of aryl methyl sites for hydroxylation is 1. The summed E-state index contributed by atoms with van der Waals surface area (Å²) in [6, 6.07) is 4.10. The van der Waals surface area contributed by atoms with E-state index >= 15 is 0 Å². The van der Waals surface area contributed by atoms with E-state index in [0.717, 1.165) is 10.6 Å². The summed E-state index contributed by atoms with van der Waals surface area (Å²) in [6.07, 6.45) is 1.70. The van der Waals surface area contributed by atoms with Crippen LogP contribution in [0.4, 0.5) is 0 Å². The van der Waals surface area contributed by atoms with Crippen molar-refractivity contribution in [1.29, 1.82) is 0 Å². The largest absolute Gasteiger partial charge is 0.444 e. The molecule has 0 aliphatic rings. The van der Waals surface area contributed by atoms with Crippen molar-refractivity contribution >= 4 is 11.3 Å². The second-order valence-corrected chi connectivity index (χ2v) is 4.91. The molecule has 0 aromatic carbocycles. The zero-order valence-electron chi connectivity index (χ0n) is 8.86. The molecule has 0 bridgehead atoms. The maximum Gasteiger partial charge on any atom is 0.236 e. The minimum atomic E-state index is 0.253. The number of rotatable bonds is 3. The van der Waals surface area contributed by atoms with Crippen LogP contribution in [0.25, 0.3) is 10.8 Å². The maximum atomic E-state index is 5.58. The third-order valence-electron chi connectivity index (χ3n) is 2.33. The molecule has 3 nitrogen and oxygen atoms in total. The third kappa shape index (κ3) is 2.11. The van der Waals surface area contributed by atoms with E-state index in [1.165, 1.54) is 4.88 Å². The van der Waals surface area contributed by atoms with Crippen LogP contribution in [-0.2, 0) is 0 Å². The number of thiophene rings is 1. The molecule has 80 valence electrons. The zero-order valence-corrected chi connectivity index (χ0v) is 9.67. The van der Waals surface area contributed by atoms with Gasteiger partial charge in [0.2, 0.25) is 5.89 Å². The molecular weight excluding hydrogens is 208 g/mol. The van der Waals surface area contributed by atoms with Crippen LogP contribution in [0.5, 0.6) is 0 Å². The molecular formula is C11H14N2OS. The van der Waals surface area contributed by atoms with E-state index in [4.69, 9.17) is 10.2 Å². The molecule has 0 saturated heterocycles. The van der Waals surface area contributed by atoms with Crippen LogP contribution in [0.15, 0.2) is 22.8 Å². The summed E-state index contributed by atoms with van der Waals surface area (Å²) in [5.74, 6) is 0.951. The lowest BCUT2D eigenvalue weighted by atomic mass is 10.1. The predicted molar refractivity (Wildman–Crippen MR) is 62.0 cm³/mol. The van der Waals surface area contributed by atoms with Crippen LogP contribution in [0, 0.1) is 6.92 Å². The lowest BCUT2D eigenvalue weighted by Crippen LogP contribution is -2.08. The van der Waals surface area contributed by atoms with Crippen molar-refractivity contribution in [3.63, 3.8) is 0 Å². The molecule has 2 N–H and O–H groups in total. The van der Waals surface area contributed by atoms with Crippen molar-refractivity contribution in [3.05, 3.63) is 29.0 Å². The second-order valence-electron chi connectivity index (χ2n) is 3.62. The third-order valence-corrected chi connectivity index (χ3v) is 3.32. The molecule has 2 aromatic heterocycles. The lowest BCUT2D eigenvalue weighted by molar-refractivity contribution is 0.571. The highest BCUT2D eigenvalue weighted by Gasteiger charge is 2.12. The Bertz CT molecular complexity index is 447. The average molecular weight is 222 g/mol. The van der Waals surface area contributed by atoms with Gasteiger partial charge in [-0.3, -0.25) is 0 Å². The fraction of sp³-hybridized carbons (Fsp3) is 0.364. The first-order valence-corrected chi connectivity index (χ1v) is 5.74. The first-order valence-electron chi connectivity index (χ1n) is 4.93. The predicted octanol–water partition coefficient (Wildman–Crippen LogP) is 2.77. The van der Waals surface area contributed by atoms with E-state index in [1.54, 1.807) is 17.6 Å². The SMILES string of the molecule is Cc1ccc(-c2nc(C(C)CN)co2)s1. The Balaban J connectivity index is 2.27. The molecule has 0 fully saturated rings. The molecule has 4 heteroatoms. The Kier molecular flexibility index (Phi) is 2.88. The number of hydrogen-bond donors (Lipinski definition) is 1. The molecule has 0 aliphatic carbocycles. The van der Waals surface area contributed by atoms with E-state index < -0.39 is 0 Å². The summed E-state index contributed by atoms with van der Waals surface area (Å²) < 4.78 is 5.43. The first kappa shape index (κ1) is 10.4. The lowest BCUT2D eigenvalue weighted by Gasteiger charge is -2.00. The van der Waals surface area contributed by atoms with E-state index in [0.29, 0.717) is 12.4 Å². The average Bonchev–Trinajstić information content (AvgIpc) is 2.84. The Hall–Kier alpha value is -1.13. The molecule has 1 unspecified atom stereocenters. The van der Waals surface area contributed by atoms with Gasteiger partial charge in [0, 0.05) is 17.3 Å². The summed E-state index contributed by atoms with van der Waals surface area (Å²) in [6.45, 7) is 4.71. The number of nitrogens with zero attached hydrogens (tertiary/aromatic N) is 1. The van der Waals surface area contributed by atoms with Gasteiger partial charge in [-0.15, -0.1) is 11.3 Å². The molecule has 2 heterocycles. The van der Waals surface area contributed by atoms with E-state index in [9.17, 15) is 0 Å². The van der Waals surface area contributed by atoms with Gasteiger partial charge in [0.25, 0.3) is 0 Å². The molecule has 0 spiro atoms. The quantitative estimate of drug-likeness (QED) is 0.868. The van der Waals surface area contributed by atoms with Gasteiger partial charge in [0.05, 0.1) is 10.6 Å². The number of oxazole rings is 1. The van der Waals surface area contributed by atoms with E-state index in [1.807, 2.05) is 13.0 Å². The van der Waals surface area contributed by atoms with Crippen LogP contribution in [-0.4, -0.2) is 11.5 Å². The van der Waals surface area contributed by atoms with Gasteiger partial charge in [-0.05, 0) is 19.1 Å². The van der Waals surface area contributed by atoms with Crippen LogP contribution in [0.1, 0.15) is 23.4 Å². The highest BCUT2D eigenvalue weighted by Crippen LogP contribution is 2.28. The monoisotopic (exact) mass is 222 g/mol. The molecule has 2 rings (SSSR count). The van der Waals surface area contributed by atoms with Gasteiger partial charge in [-0.2, -0.15) is 0 Å². The molecule has 0 amide bonds.